The highest BCUT2D eigenvalue weighted by atomic mass is 16.4. The molecular formula is C20H23N7O2. The number of nitrogens with two attached hydrogens (primary N) is 2. The maximum Gasteiger partial charge on any atom is 0.270 e. The average molecular weight is 393 g/mol. The van der Waals surface area contributed by atoms with Gasteiger partial charge in [0, 0.05) is 17.5 Å². The van der Waals surface area contributed by atoms with Gasteiger partial charge in [-0.15, -0.1) is 10.2 Å². The van der Waals surface area contributed by atoms with E-state index in [1.165, 1.54) is 0 Å². The Hall–Kier alpha value is -3.33. The lowest BCUT2D eigenvalue weighted by atomic mass is 9.98. The molecule has 1 aliphatic carbocycles. The third-order valence-electron chi connectivity index (χ3n) is 5.30. The van der Waals surface area contributed by atoms with Gasteiger partial charge in [-0.2, -0.15) is 0 Å². The van der Waals surface area contributed by atoms with Crippen molar-refractivity contribution in [2.24, 2.45) is 11.1 Å². The molecule has 2 aromatic heterocycles. The average Bonchev–Trinajstić information content (AvgIpc) is 3.37. The van der Waals surface area contributed by atoms with Crippen LogP contribution in [0.1, 0.15) is 30.5 Å². The van der Waals surface area contributed by atoms with Crippen molar-refractivity contribution in [3.8, 4) is 23.0 Å². The molecule has 1 aliphatic rings. The van der Waals surface area contributed by atoms with E-state index < -0.39 is 0 Å². The molecule has 0 radical (unpaired) electrons. The monoisotopic (exact) mass is 393 g/mol. The first-order valence-corrected chi connectivity index (χ1v) is 9.50. The molecule has 5 N–H and O–H groups in total. The Morgan fingerprint density at radius 2 is 1.93 bits per heavy atom. The fraction of sp³-hybridized carbons (Fsp3) is 0.350. The third kappa shape index (κ3) is 3.95. The molecule has 1 fully saturated rings. The van der Waals surface area contributed by atoms with Gasteiger partial charge in [0.1, 0.15) is 0 Å². The smallest absolute Gasteiger partial charge is 0.270 e. The number of carbonyl (C=O) groups is 1. The van der Waals surface area contributed by atoms with Crippen LogP contribution in [0.5, 0.6) is 0 Å². The van der Waals surface area contributed by atoms with E-state index >= 15 is 0 Å². The number of nitrogens with one attached hydrogen (secondary N) is 1. The molecule has 0 bridgehead atoms. The van der Waals surface area contributed by atoms with E-state index in [0.29, 0.717) is 30.1 Å². The van der Waals surface area contributed by atoms with E-state index in [4.69, 9.17) is 15.9 Å². The van der Waals surface area contributed by atoms with E-state index in [9.17, 15) is 4.79 Å². The van der Waals surface area contributed by atoms with E-state index in [1.54, 1.807) is 6.20 Å². The maximum atomic E-state index is 11.6. The topological polar surface area (TPSA) is 146 Å². The molecule has 29 heavy (non-hydrogen) atoms. The normalized spacial score (nSPS) is 14.7. The summed E-state index contributed by atoms with van der Waals surface area (Å²) in [6.07, 6.45) is 4.49. The van der Waals surface area contributed by atoms with Crippen molar-refractivity contribution in [3.63, 3.8) is 0 Å². The summed E-state index contributed by atoms with van der Waals surface area (Å²) in [6, 6.07) is 7.84. The summed E-state index contributed by atoms with van der Waals surface area (Å²) < 4.78 is 5.79. The number of anilines is 1. The minimum atomic E-state index is -0.389. The van der Waals surface area contributed by atoms with Gasteiger partial charge in [0.2, 0.25) is 11.8 Å². The summed E-state index contributed by atoms with van der Waals surface area (Å²) in [5.41, 5.74) is 14.1. The van der Waals surface area contributed by atoms with E-state index in [1.807, 2.05) is 31.3 Å². The lowest BCUT2D eigenvalue weighted by molar-refractivity contribution is -0.123. The molecule has 9 nitrogen and oxygen atoms in total. The first kappa shape index (κ1) is 19.0. The quantitative estimate of drug-likeness (QED) is 0.524. The number of aryl methyl sites for hydroxylation is 1. The standard InChI is InChI=1S/C20H23N7O2/c1-23-10-12-2-4-13(5-3-12)17-26-27-18(29-17)15-16(21)24-11-14(25-15)6-7-20(8-9-20)19(22)28/h2-5,11,23H,6-10H2,1H3,(H2,21,24)(H2,22,28). The Bertz CT molecular complexity index is 1030. The summed E-state index contributed by atoms with van der Waals surface area (Å²) in [4.78, 5) is 20.3. The molecule has 0 saturated heterocycles. The number of carbonyl (C=O) groups excluding carboxylic acids is 1. The number of hydrogen-bond acceptors (Lipinski definition) is 8. The number of nitrogen functional groups attached to an aromatic ring is 1. The summed E-state index contributed by atoms with van der Waals surface area (Å²) in [6.45, 7) is 0.783. The van der Waals surface area contributed by atoms with Crippen LogP contribution in [-0.4, -0.2) is 33.1 Å². The van der Waals surface area contributed by atoms with Crippen LogP contribution in [0.3, 0.4) is 0 Å². The zero-order chi connectivity index (χ0) is 20.4. The fourth-order valence-electron chi connectivity index (χ4n) is 3.26. The van der Waals surface area contributed by atoms with Gasteiger partial charge in [-0.3, -0.25) is 4.79 Å². The molecule has 0 aliphatic heterocycles. The predicted octanol–water partition coefficient (Wildman–Crippen LogP) is 1.69. The highest BCUT2D eigenvalue weighted by Crippen LogP contribution is 2.49. The Morgan fingerprint density at radius 3 is 2.59 bits per heavy atom. The number of benzene rings is 1. The van der Waals surface area contributed by atoms with Crippen molar-refractivity contribution >= 4 is 11.7 Å². The molecule has 3 aromatic rings. The Morgan fingerprint density at radius 1 is 1.21 bits per heavy atom. The molecule has 2 heterocycles. The zero-order valence-electron chi connectivity index (χ0n) is 16.2. The van der Waals surface area contributed by atoms with Crippen LogP contribution in [0.2, 0.25) is 0 Å². The van der Waals surface area contributed by atoms with Gasteiger partial charge in [-0.1, -0.05) is 12.1 Å². The Labute approximate surface area is 167 Å². The van der Waals surface area contributed by atoms with Crippen LogP contribution in [-0.2, 0) is 17.8 Å². The zero-order valence-corrected chi connectivity index (χ0v) is 16.2. The number of hydrogen-bond donors (Lipinski definition) is 3. The van der Waals surface area contributed by atoms with E-state index in [-0.39, 0.29) is 23.0 Å². The molecule has 0 atom stereocenters. The van der Waals surface area contributed by atoms with Gasteiger partial charge < -0.3 is 21.2 Å². The van der Waals surface area contributed by atoms with E-state index in [0.717, 1.165) is 30.5 Å². The Balaban J connectivity index is 1.53. The highest BCUT2D eigenvalue weighted by Gasteiger charge is 2.47. The van der Waals surface area contributed by atoms with Crippen molar-refractivity contribution in [3.05, 3.63) is 41.7 Å². The summed E-state index contributed by atoms with van der Waals surface area (Å²) in [5.74, 6) is 0.559. The van der Waals surface area contributed by atoms with Crippen molar-refractivity contribution in [1.82, 2.24) is 25.5 Å². The molecule has 0 unspecified atom stereocenters. The van der Waals surface area contributed by atoms with Crippen molar-refractivity contribution in [2.45, 2.75) is 32.2 Å². The minimum absolute atomic E-state index is 0.210. The second-order valence-corrected chi connectivity index (χ2v) is 7.38. The van der Waals surface area contributed by atoms with Crippen molar-refractivity contribution in [1.29, 1.82) is 0 Å². The van der Waals surface area contributed by atoms with Gasteiger partial charge in [0.25, 0.3) is 5.89 Å². The van der Waals surface area contributed by atoms with Gasteiger partial charge in [0.15, 0.2) is 11.5 Å². The number of primary amides is 1. The fourth-order valence-corrected chi connectivity index (χ4v) is 3.26. The number of amides is 1. The van der Waals surface area contributed by atoms with Crippen LogP contribution < -0.4 is 16.8 Å². The molecule has 150 valence electrons. The summed E-state index contributed by atoms with van der Waals surface area (Å²) in [7, 11) is 1.90. The van der Waals surface area contributed by atoms with Crippen molar-refractivity contribution in [2.75, 3.05) is 12.8 Å². The second kappa shape index (κ2) is 7.59. The van der Waals surface area contributed by atoms with Gasteiger partial charge in [0.05, 0.1) is 11.9 Å². The Kier molecular flexibility index (Phi) is 4.98. The van der Waals surface area contributed by atoms with Crippen LogP contribution in [0.15, 0.2) is 34.9 Å². The molecule has 0 spiro atoms. The first-order valence-electron chi connectivity index (χ1n) is 9.50. The predicted molar refractivity (Wildman–Crippen MR) is 107 cm³/mol. The molecule has 1 saturated carbocycles. The number of aromatic nitrogens is 4. The van der Waals surface area contributed by atoms with Crippen LogP contribution in [0.25, 0.3) is 23.0 Å². The molecular weight excluding hydrogens is 370 g/mol. The number of rotatable bonds is 8. The SMILES string of the molecule is CNCc1ccc(-c2nnc(-c3nc(CCC4(C(N)=O)CC4)cnc3N)o2)cc1. The first-order chi connectivity index (χ1) is 14.0. The third-order valence-corrected chi connectivity index (χ3v) is 5.30. The summed E-state index contributed by atoms with van der Waals surface area (Å²) in [5, 5.41) is 11.3. The molecule has 4 rings (SSSR count). The molecule has 1 amide bonds. The van der Waals surface area contributed by atoms with Gasteiger partial charge in [-0.05, 0) is 50.4 Å². The summed E-state index contributed by atoms with van der Waals surface area (Å²) >= 11 is 0. The van der Waals surface area contributed by atoms with Crippen LogP contribution in [0, 0.1) is 5.41 Å². The highest BCUT2D eigenvalue weighted by molar-refractivity contribution is 5.83. The lowest BCUT2D eigenvalue weighted by Gasteiger charge is -2.10. The minimum Gasteiger partial charge on any atom is -0.414 e. The molecule has 9 heteroatoms. The molecule has 1 aromatic carbocycles. The van der Waals surface area contributed by atoms with Gasteiger partial charge >= 0.3 is 0 Å². The van der Waals surface area contributed by atoms with Crippen LogP contribution >= 0.6 is 0 Å². The maximum absolute atomic E-state index is 11.6. The van der Waals surface area contributed by atoms with Crippen molar-refractivity contribution < 1.29 is 9.21 Å². The lowest BCUT2D eigenvalue weighted by Crippen LogP contribution is -2.25. The van der Waals surface area contributed by atoms with Crippen LogP contribution in [0.4, 0.5) is 5.82 Å². The number of nitrogens with zero attached hydrogens (tertiary/aromatic N) is 4. The van der Waals surface area contributed by atoms with E-state index in [2.05, 4.69) is 25.5 Å². The largest absolute Gasteiger partial charge is 0.414 e. The second-order valence-electron chi connectivity index (χ2n) is 7.38. The van der Waals surface area contributed by atoms with Gasteiger partial charge in [-0.25, -0.2) is 9.97 Å².